The van der Waals surface area contributed by atoms with Crippen LogP contribution in [0.3, 0.4) is 0 Å². The molecule has 12 heteroatoms. The summed E-state index contributed by atoms with van der Waals surface area (Å²) >= 11 is 0. The predicted octanol–water partition coefficient (Wildman–Crippen LogP) is 24.5. The zero-order valence-corrected chi connectivity index (χ0v) is 78.9. The van der Waals surface area contributed by atoms with Crippen molar-refractivity contribution in [3.8, 4) is 22.3 Å². The highest BCUT2D eigenvalue weighted by molar-refractivity contribution is 7.06. The van der Waals surface area contributed by atoms with E-state index in [0.29, 0.717) is 0 Å². The Hall–Kier alpha value is -8.42. The molecule has 17 rings (SSSR count). The van der Waals surface area contributed by atoms with Gasteiger partial charge >= 0.3 is 0 Å². The van der Waals surface area contributed by atoms with Crippen LogP contribution in [0.15, 0.2) is 267 Å². The van der Waals surface area contributed by atoms with Crippen LogP contribution in [0.1, 0.15) is 36.1 Å². The topological polar surface area (TPSA) is 13.0 Å². The van der Waals surface area contributed by atoms with Crippen LogP contribution in [0.4, 0.5) is 68.2 Å². The molecule has 8 bridgehead atoms. The molecular formula is C99H118N4Si8. The molecule has 0 aromatic heterocycles. The molecular weight excluding hydrogens is 1470 g/mol. The molecule has 0 spiro atoms. The maximum atomic E-state index is 2.66. The second-order valence-corrected chi connectivity index (χ2v) is 80.9. The Morgan fingerprint density at radius 3 is 0.658 bits per heavy atom. The van der Waals surface area contributed by atoms with Crippen molar-refractivity contribution >= 4 is 174 Å². The van der Waals surface area contributed by atoms with E-state index in [0.717, 1.165) is 56.9 Å². The minimum absolute atomic E-state index is 0.758. The fraction of sp³-hybridized carbons (Fsp3) is 0.273. The molecule has 3 aliphatic heterocycles. The molecule has 566 valence electrons. The first kappa shape index (κ1) is 77.9. The van der Waals surface area contributed by atoms with Gasteiger partial charge in [0.1, 0.15) is 0 Å². The zero-order valence-electron chi connectivity index (χ0n) is 70.9. The van der Waals surface area contributed by atoms with E-state index in [1.807, 2.05) is 0 Å². The molecule has 3 heterocycles. The first-order valence-electron chi connectivity index (χ1n) is 40.7. The fourth-order valence-corrected chi connectivity index (χ4v) is 38.1. The van der Waals surface area contributed by atoms with Crippen molar-refractivity contribution in [3.63, 3.8) is 0 Å². The maximum absolute atomic E-state index is 2.66. The Labute approximate surface area is 674 Å². The Morgan fingerprint density at radius 1 is 0.234 bits per heavy atom. The van der Waals surface area contributed by atoms with E-state index in [9.17, 15) is 0 Å². The lowest BCUT2D eigenvalue weighted by Gasteiger charge is -2.46. The van der Waals surface area contributed by atoms with E-state index >= 15 is 0 Å². The third-order valence-corrected chi connectivity index (χ3v) is 48.7. The fourth-order valence-electron chi connectivity index (χ4n) is 18.5. The van der Waals surface area contributed by atoms with Crippen LogP contribution in [0.5, 0.6) is 0 Å². The second-order valence-electron chi connectivity index (χ2n) is 40.3. The van der Waals surface area contributed by atoms with Crippen LogP contribution in [0.25, 0.3) is 22.3 Å². The number of hydrogen-bond donors (Lipinski definition) is 0. The van der Waals surface area contributed by atoms with E-state index in [1.54, 1.807) is 0 Å². The third kappa shape index (κ3) is 14.2. The number of rotatable bonds is 14. The summed E-state index contributed by atoms with van der Waals surface area (Å²) in [5.74, 6) is 0. The van der Waals surface area contributed by atoms with Gasteiger partial charge in [0.25, 0.3) is 0 Å². The van der Waals surface area contributed by atoms with Crippen LogP contribution < -0.4 is 61.1 Å². The SMILES string of the molecule is CC12c3cc(N(c4ccc([Si](C)(C)C)cc4)c4ccc([Si](C)(C)C)cc4)ccc3-c3ccc(cc31)N(c1ccc([Si](C)(C)C)cc1)c1ccc(cc1)[Si](C)(C)C[Si](C)(C)c1ccc(cc1)N(c1ccc([Si](C)(C)C)cc1)c1ccc3c(c1)C2(C)c1cc(N(c2ccc([Si](C)(C)C)cc2)c2ccc([Si](C)(C)C)cc2)ccc1-3. The number of nitrogens with zero attached hydrogens (tertiary/aromatic N) is 4. The van der Waals surface area contributed by atoms with Gasteiger partial charge in [-0.25, -0.2) is 0 Å². The van der Waals surface area contributed by atoms with Crippen molar-refractivity contribution < 1.29 is 0 Å². The van der Waals surface area contributed by atoms with Gasteiger partial charge in [0.05, 0.1) is 64.6 Å². The molecule has 0 N–H and O–H groups in total. The Kier molecular flexibility index (Phi) is 19.4. The minimum atomic E-state index is -2.02. The standard InChI is InChI=1S/C99H118N4Si8/c1-98-94-65-78(100(70-25-45-82(46-26-70)104(3,4)5)71-27-47-83(48-28-71)105(6,7)8)41-61-90(94)92-63-43-80(67-96(92)98)102(74-33-53-86(54-34-74)108(15,16)17)76-37-57-88(58-38-76)110(21,22)69-111(23,24)89-59-39-77(40-60-89)103(75-35-55-87(56-36-75)109(18,19)20)81-44-64-93-91-62-42-79(66-95(91)99(98,2)97(93)68-81)101(72-29-49-84(50-30-72)106(9,10)11)73-31-51-85(52-32-73)107(12,13)14/h25-68H,69H2,1-24H3. The van der Waals surface area contributed by atoms with Gasteiger partial charge in [-0.2, -0.15) is 0 Å². The van der Waals surface area contributed by atoms with Gasteiger partial charge in [0.15, 0.2) is 0 Å². The van der Waals surface area contributed by atoms with Crippen molar-refractivity contribution in [2.75, 3.05) is 19.6 Å². The summed E-state index contributed by atoms with van der Waals surface area (Å²) in [7, 11) is -14.0. The number of benzene rings is 12. The van der Waals surface area contributed by atoms with Crippen LogP contribution in [-0.4, -0.2) is 64.6 Å². The quantitative estimate of drug-likeness (QED) is 0.101. The van der Waals surface area contributed by atoms with Crippen molar-refractivity contribution in [1.29, 1.82) is 0 Å². The summed E-state index contributed by atoms with van der Waals surface area (Å²) in [6.07, 6.45) is 0. The molecule has 12 aromatic rings. The van der Waals surface area contributed by atoms with E-state index < -0.39 is 75.4 Å². The molecule has 0 saturated carbocycles. The lowest BCUT2D eigenvalue weighted by molar-refractivity contribution is 0.376. The molecule has 12 aromatic carbocycles. The van der Waals surface area contributed by atoms with Gasteiger partial charge in [-0.3, -0.25) is 0 Å². The van der Waals surface area contributed by atoms with Crippen LogP contribution >= 0.6 is 0 Å². The van der Waals surface area contributed by atoms with Crippen molar-refractivity contribution in [3.05, 3.63) is 289 Å². The second kappa shape index (κ2) is 27.7. The average molecular weight is 1590 g/mol. The van der Waals surface area contributed by atoms with Gasteiger partial charge in [-0.05, 0) is 190 Å². The summed E-state index contributed by atoms with van der Waals surface area (Å²) in [6, 6.07) is 108. The predicted molar refractivity (Wildman–Crippen MR) is 512 cm³/mol. The van der Waals surface area contributed by atoms with Gasteiger partial charge in [0.2, 0.25) is 0 Å². The molecule has 5 aliphatic rings. The lowest BCUT2D eigenvalue weighted by atomic mass is 9.56. The van der Waals surface area contributed by atoms with Crippen LogP contribution in [-0.2, 0) is 10.8 Å². The summed E-state index contributed by atoms with van der Waals surface area (Å²) < 4.78 is 0. The highest BCUT2D eigenvalue weighted by Gasteiger charge is 2.58. The maximum Gasteiger partial charge on any atom is 0.0783 e. The first-order valence-corrected chi connectivity index (χ1v) is 68.1. The highest BCUT2D eigenvalue weighted by Crippen LogP contribution is 2.67. The molecule has 2 aliphatic carbocycles. The summed E-state index contributed by atoms with van der Waals surface area (Å²) in [6.45, 7) is 60.1. The van der Waals surface area contributed by atoms with Gasteiger partial charge in [-0.1, -0.05) is 326 Å². The summed E-state index contributed by atoms with van der Waals surface area (Å²) in [5.41, 5.74) is 24.0. The summed E-state index contributed by atoms with van der Waals surface area (Å²) in [5, 5.41) is 11.7. The number of fused-ring (bicyclic) bond motifs is 6. The lowest BCUT2D eigenvalue weighted by Crippen LogP contribution is -2.53. The molecule has 2 atom stereocenters. The summed E-state index contributed by atoms with van der Waals surface area (Å²) in [4.78, 5) is 10.3. The normalized spacial score (nSPS) is 17.3. The molecule has 0 radical (unpaired) electrons. The first-order chi connectivity index (χ1) is 52.0. The number of anilines is 12. The molecule has 0 amide bonds. The zero-order chi connectivity index (χ0) is 79.3. The molecule has 0 saturated heterocycles. The molecule has 0 fully saturated rings. The van der Waals surface area contributed by atoms with Crippen LogP contribution in [0, 0.1) is 0 Å². The smallest absolute Gasteiger partial charge is 0.0783 e. The van der Waals surface area contributed by atoms with Gasteiger partial charge in [-0.15, -0.1) is 0 Å². The monoisotopic (exact) mass is 1590 g/mol. The van der Waals surface area contributed by atoms with Crippen molar-refractivity contribution in [1.82, 2.24) is 0 Å². The third-order valence-electron chi connectivity index (χ3n) is 25.4. The highest BCUT2D eigenvalue weighted by atomic mass is 28.4. The Balaban J connectivity index is 1.06. The van der Waals surface area contributed by atoms with Crippen molar-refractivity contribution in [2.24, 2.45) is 0 Å². The average Bonchev–Trinajstić information content (AvgIpc) is 1.50. The van der Waals surface area contributed by atoms with Crippen molar-refractivity contribution in [2.45, 2.75) is 174 Å². The van der Waals surface area contributed by atoms with E-state index in [2.05, 4.69) is 444 Å². The largest absolute Gasteiger partial charge is 0.310 e. The molecule has 2 unspecified atom stereocenters. The van der Waals surface area contributed by atoms with E-state index in [4.69, 9.17) is 0 Å². The van der Waals surface area contributed by atoms with Crippen LogP contribution in [0.2, 0.25) is 150 Å². The van der Waals surface area contributed by atoms with Gasteiger partial charge in [0, 0.05) is 79.1 Å². The molecule has 111 heavy (non-hydrogen) atoms. The molecule has 4 nitrogen and oxygen atoms in total. The van der Waals surface area contributed by atoms with E-state index in [1.165, 1.54) is 103 Å². The minimum Gasteiger partial charge on any atom is -0.310 e. The Bertz CT molecular complexity index is 5040. The number of hydrogen-bond acceptors (Lipinski definition) is 4. The van der Waals surface area contributed by atoms with E-state index in [-0.39, 0.29) is 0 Å². The Morgan fingerprint density at radius 2 is 0.423 bits per heavy atom. The van der Waals surface area contributed by atoms with Gasteiger partial charge < -0.3 is 19.6 Å².